The van der Waals surface area contributed by atoms with Gasteiger partial charge in [-0.15, -0.1) is 0 Å². The van der Waals surface area contributed by atoms with Gasteiger partial charge < -0.3 is 9.64 Å². The van der Waals surface area contributed by atoms with Crippen molar-refractivity contribution in [2.24, 2.45) is 0 Å². The molecule has 2 atom stereocenters. The van der Waals surface area contributed by atoms with Gasteiger partial charge in [0.05, 0.1) is 11.0 Å². The summed E-state index contributed by atoms with van der Waals surface area (Å²) in [5, 5.41) is 11.1. The minimum Gasteiger partial charge on any atom is -0.367 e. The molecule has 4 rings (SSSR count). The molecule has 0 amide bonds. The second kappa shape index (κ2) is 7.97. The highest BCUT2D eigenvalue weighted by Crippen LogP contribution is 2.29. The van der Waals surface area contributed by atoms with Gasteiger partial charge in [-0.05, 0) is 19.4 Å². The van der Waals surface area contributed by atoms with E-state index in [1.807, 2.05) is 31.2 Å². The van der Waals surface area contributed by atoms with Gasteiger partial charge >= 0.3 is 0 Å². The predicted molar refractivity (Wildman–Crippen MR) is 111 cm³/mol. The highest BCUT2D eigenvalue weighted by molar-refractivity contribution is 5.61. The van der Waals surface area contributed by atoms with Crippen molar-refractivity contribution in [3.05, 3.63) is 82.0 Å². The smallest absolute Gasteiger partial charge is 0.270 e. The van der Waals surface area contributed by atoms with Gasteiger partial charge in [-0.1, -0.05) is 42.5 Å². The molecule has 2 aromatic carbocycles. The van der Waals surface area contributed by atoms with Crippen molar-refractivity contribution in [2.45, 2.75) is 26.1 Å². The molecule has 0 spiro atoms. The van der Waals surface area contributed by atoms with Crippen molar-refractivity contribution < 1.29 is 9.66 Å². The van der Waals surface area contributed by atoms with Crippen molar-refractivity contribution in [1.82, 2.24) is 9.97 Å². The Morgan fingerprint density at radius 2 is 1.86 bits per heavy atom. The highest BCUT2D eigenvalue weighted by atomic mass is 16.6. The Labute approximate surface area is 169 Å². The molecule has 0 radical (unpaired) electrons. The zero-order valence-corrected chi connectivity index (χ0v) is 16.4. The minimum absolute atomic E-state index is 0.0262. The van der Waals surface area contributed by atoms with Crippen LogP contribution in [0.4, 0.5) is 11.5 Å². The number of nitro benzene ring substituents is 1. The molecule has 29 heavy (non-hydrogen) atoms. The lowest BCUT2D eigenvalue weighted by molar-refractivity contribution is -0.384. The first-order valence-corrected chi connectivity index (χ1v) is 9.55. The summed E-state index contributed by atoms with van der Waals surface area (Å²) in [5.74, 6) is 1.29. The second-order valence-corrected chi connectivity index (χ2v) is 7.25. The zero-order chi connectivity index (χ0) is 20.4. The Morgan fingerprint density at radius 3 is 2.62 bits per heavy atom. The van der Waals surface area contributed by atoms with Crippen LogP contribution in [0, 0.1) is 17.0 Å². The Morgan fingerprint density at radius 1 is 1.07 bits per heavy atom. The van der Waals surface area contributed by atoms with Crippen LogP contribution in [0.5, 0.6) is 0 Å². The second-order valence-electron chi connectivity index (χ2n) is 7.25. The number of rotatable bonds is 4. The van der Waals surface area contributed by atoms with E-state index in [0.717, 1.165) is 17.1 Å². The number of aromatic nitrogens is 2. The summed E-state index contributed by atoms with van der Waals surface area (Å²) >= 11 is 0. The summed E-state index contributed by atoms with van der Waals surface area (Å²) in [7, 11) is 0. The molecule has 0 N–H and O–H groups in total. The molecule has 7 heteroatoms. The Bertz CT molecular complexity index is 1030. The number of nitrogens with zero attached hydrogens (tertiary/aromatic N) is 4. The summed E-state index contributed by atoms with van der Waals surface area (Å²) in [4.78, 5) is 22.1. The maximum atomic E-state index is 11.1. The van der Waals surface area contributed by atoms with Crippen LogP contribution in [0.2, 0.25) is 0 Å². The van der Waals surface area contributed by atoms with E-state index in [1.165, 1.54) is 12.1 Å². The van der Waals surface area contributed by atoms with Gasteiger partial charge in [-0.2, -0.15) is 0 Å². The number of benzene rings is 2. The maximum Gasteiger partial charge on any atom is 0.270 e. The van der Waals surface area contributed by atoms with Crippen LogP contribution >= 0.6 is 0 Å². The summed E-state index contributed by atoms with van der Waals surface area (Å²) in [6.45, 7) is 5.36. The van der Waals surface area contributed by atoms with Gasteiger partial charge in [0, 0.05) is 42.5 Å². The number of hydrogen-bond donors (Lipinski definition) is 0. The van der Waals surface area contributed by atoms with Gasteiger partial charge in [-0.25, -0.2) is 9.97 Å². The third-order valence-corrected chi connectivity index (χ3v) is 4.91. The molecule has 1 aliphatic rings. The molecule has 148 valence electrons. The topological polar surface area (TPSA) is 81.4 Å². The van der Waals surface area contributed by atoms with Crippen LogP contribution in [0.15, 0.2) is 60.7 Å². The van der Waals surface area contributed by atoms with Gasteiger partial charge in [-0.3, -0.25) is 10.1 Å². The molecule has 0 aliphatic carbocycles. The average molecular weight is 390 g/mol. The van der Waals surface area contributed by atoms with E-state index in [1.54, 1.807) is 12.1 Å². The fraction of sp³-hybridized carbons (Fsp3) is 0.273. The number of morpholine rings is 1. The average Bonchev–Trinajstić information content (AvgIpc) is 2.73. The fourth-order valence-electron chi connectivity index (χ4n) is 3.59. The van der Waals surface area contributed by atoms with Crippen molar-refractivity contribution in [3.63, 3.8) is 0 Å². The lowest BCUT2D eigenvalue weighted by Crippen LogP contribution is -2.43. The predicted octanol–water partition coefficient (Wildman–Crippen LogP) is 4.33. The first kappa shape index (κ1) is 19.0. The lowest BCUT2D eigenvalue weighted by atomic mass is 10.1. The number of nitro groups is 1. The molecule has 1 fully saturated rings. The van der Waals surface area contributed by atoms with E-state index >= 15 is 0 Å². The van der Waals surface area contributed by atoms with Crippen LogP contribution in [0.25, 0.3) is 11.4 Å². The molecule has 2 unspecified atom stereocenters. The molecule has 1 aromatic heterocycles. The summed E-state index contributed by atoms with van der Waals surface area (Å²) in [6, 6.07) is 18.5. The SMILES string of the molecule is Cc1cc(N2CC(C)OC(c3ccccc3)C2)nc(-c2cccc([N+](=O)[O-])c2)n1. The number of hydrogen-bond acceptors (Lipinski definition) is 6. The minimum atomic E-state index is -0.408. The highest BCUT2D eigenvalue weighted by Gasteiger charge is 2.27. The van der Waals surface area contributed by atoms with Gasteiger partial charge in [0.25, 0.3) is 5.69 Å². The van der Waals surface area contributed by atoms with Crippen LogP contribution in [0.3, 0.4) is 0 Å². The van der Waals surface area contributed by atoms with Crippen LogP contribution in [-0.2, 0) is 4.74 Å². The normalized spacial score (nSPS) is 19.2. The first-order valence-electron chi connectivity index (χ1n) is 9.55. The van der Waals surface area contributed by atoms with Crippen LogP contribution in [0.1, 0.15) is 24.3 Å². The molecule has 3 aromatic rings. The fourth-order valence-corrected chi connectivity index (χ4v) is 3.59. The third-order valence-electron chi connectivity index (χ3n) is 4.91. The van der Waals surface area contributed by atoms with Gasteiger partial charge in [0.2, 0.25) is 0 Å². The van der Waals surface area contributed by atoms with Crippen LogP contribution in [-0.4, -0.2) is 34.1 Å². The van der Waals surface area contributed by atoms with Crippen molar-refractivity contribution >= 4 is 11.5 Å². The van der Waals surface area contributed by atoms with E-state index in [-0.39, 0.29) is 17.9 Å². The summed E-state index contributed by atoms with van der Waals surface area (Å²) in [6.07, 6.45) is 0.00183. The van der Waals surface area contributed by atoms with E-state index in [2.05, 4.69) is 28.9 Å². The number of ether oxygens (including phenoxy) is 1. The number of non-ortho nitro benzene ring substituents is 1. The van der Waals surface area contributed by atoms with Gasteiger partial charge in [0.1, 0.15) is 11.9 Å². The van der Waals surface area contributed by atoms with Crippen LogP contribution < -0.4 is 4.90 Å². The van der Waals surface area contributed by atoms with E-state index in [0.29, 0.717) is 24.5 Å². The Balaban J connectivity index is 1.66. The Kier molecular flexibility index (Phi) is 5.22. The molecular formula is C22H22N4O3. The summed E-state index contributed by atoms with van der Waals surface area (Å²) in [5.41, 5.74) is 2.60. The standard InChI is InChI=1S/C22H22N4O3/c1-15-11-21(24-22(23-15)18-9-6-10-19(12-18)26(27)28)25-13-16(2)29-20(14-25)17-7-4-3-5-8-17/h3-12,16,20H,13-14H2,1-2H3. The molecule has 7 nitrogen and oxygen atoms in total. The molecule has 2 heterocycles. The van der Waals surface area contributed by atoms with E-state index in [9.17, 15) is 10.1 Å². The van der Waals surface area contributed by atoms with Crippen molar-refractivity contribution in [3.8, 4) is 11.4 Å². The van der Waals surface area contributed by atoms with E-state index in [4.69, 9.17) is 9.72 Å². The molecular weight excluding hydrogens is 368 g/mol. The number of aryl methyl sites for hydroxylation is 1. The van der Waals surface area contributed by atoms with E-state index < -0.39 is 4.92 Å². The van der Waals surface area contributed by atoms with Gasteiger partial charge in [0.15, 0.2) is 5.82 Å². The molecule has 1 saturated heterocycles. The van der Waals surface area contributed by atoms with Crippen molar-refractivity contribution in [2.75, 3.05) is 18.0 Å². The molecule has 0 saturated carbocycles. The zero-order valence-electron chi connectivity index (χ0n) is 16.4. The van der Waals surface area contributed by atoms with Crippen molar-refractivity contribution in [1.29, 1.82) is 0 Å². The number of anilines is 1. The Hall–Kier alpha value is -3.32. The monoisotopic (exact) mass is 390 g/mol. The first-order chi connectivity index (χ1) is 14.0. The molecule has 1 aliphatic heterocycles. The third kappa shape index (κ3) is 4.25. The maximum absolute atomic E-state index is 11.1. The lowest BCUT2D eigenvalue weighted by Gasteiger charge is -2.38. The molecule has 0 bridgehead atoms. The largest absolute Gasteiger partial charge is 0.367 e. The quantitative estimate of drug-likeness (QED) is 0.487. The summed E-state index contributed by atoms with van der Waals surface area (Å²) < 4.78 is 6.15.